The van der Waals surface area contributed by atoms with Gasteiger partial charge in [0.05, 0.1) is 12.0 Å². The molecule has 0 aliphatic carbocycles. The highest BCUT2D eigenvalue weighted by Gasteiger charge is 2.22. The molecular formula is C26H36ClNO4S. The normalized spacial score (nSPS) is 13.0. The summed E-state index contributed by atoms with van der Waals surface area (Å²) in [5, 5.41) is 0.496. The molecule has 33 heavy (non-hydrogen) atoms. The highest BCUT2D eigenvalue weighted by molar-refractivity contribution is 7.89. The van der Waals surface area contributed by atoms with Gasteiger partial charge >= 0.3 is 5.97 Å². The van der Waals surface area contributed by atoms with E-state index in [0.717, 1.165) is 36.8 Å². The lowest BCUT2D eigenvalue weighted by Crippen LogP contribution is -2.28. The molecule has 2 rings (SSSR count). The summed E-state index contributed by atoms with van der Waals surface area (Å²) in [5.74, 6) is -0.210. The molecule has 0 heterocycles. The van der Waals surface area contributed by atoms with E-state index in [1.165, 1.54) is 19.2 Å². The van der Waals surface area contributed by atoms with E-state index in [1.807, 2.05) is 24.3 Å². The summed E-state index contributed by atoms with van der Waals surface area (Å²) >= 11 is 5.92. The zero-order chi connectivity index (χ0) is 24.5. The van der Waals surface area contributed by atoms with Crippen LogP contribution in [0.1, 0.15) is 76.5 Å². The second kappa shape index (κ2) is 12.5. The number of carbonyl (C=O) groups excluding carboxylic acids is 1. The Balaban J connectivity index is 2.12. The summed E-state index contributed by atoms with van der Waals surface area (Å²) in [7, 11) is -2.29. The maximum atomic E-state index is 13.0. The summed E-state index contributed by atoms with van der Waals surface area (Å²) < 4.78 is 33.6. The van der Waals surface area contributed by atoms with Gasteiger partial charge in [-0.05, 0) is 66.5 Å². The van der Waals surface area contributed by atoms with Crippen molar-refractivity contribution >= 4 is 27.6 Å². The van der Waals surface area contributed by atoms with E-state index >= 15 is 0 Å². The van der Waals surface area contributed by atoms with Crippen LogP contribution in [0.4, 0.5) is 0 Å². The van der Waals surface area contributed by atoms with Crippen LogP contribution in [-0.4, -0.2) is 21.5 Å². The van der Waals surface area contributed by atoms with Crippen LogP contribution in [-0.2, 0) is 26.0 Å². The summed E-state index contributed by atoms with van der Waals surface area (Å²) in [6.45, 7) is 6.64. The van der Waals surface area contributed by atoms with Crippen molar-refractivity contribution in [2.75, 3.05) is 7.11 Å². The molecule has 2 aromatic carbocycles. The number of hydrogen-bond donors (Lipinski definition) is 1. The predicted molar refractivity (Wildman–Crippen MR) is 134 cm³/mol. The van der Waals surface area contributed by atoms with Crippen LogP contribution in [0.2, 0.25) is 5.02 Å². The van der Waals surface area contributed by atoms with Gasteiger partial charge in [-0.25, -0.2) is 13.1 Å². The van der Waals surface area contributed by atoms with Crippen molar-refractivity contribution in [2.45, 2.75) is 76.7 Å². The molecule has 0 radical (unpaired) electrons. The third-order valence-corrected chi connectivity index (χ3v) is 7.29. The Morgan fingerprint density at radius 1 is 1.00 bits per heavy atom. The van der Waals surface area contributed by atoms with Crippen molar-refractivity contribution in [1.82, 2.24) is 4.72 Å². The first-order valence-corrected chi connectivity index (χ1v) is 13.3. The lowest BCUT2D eigenvalue weighted by atomic mass is 9.88. The van der Waals surface area contributed by atoms with E-state index < -0.39 is 10.0 Å². The minimum atomic E-state index is -3.69. The Morgan fingerprint density at radius 3 is 2.21 bits per heavy atom. The Bertz CT molecular complexity index is 980. The first kappa shape index (κ1) is 27.4. The highest BCUT2D eigenvalue weighted by Crippen LogP contribution is 2.27. The monoisotopic (exact) mass is 493 g/mol. The van der Waals surface area contributed by atoms with Crippen LogP contribution < -0.4 is 4.72 Å². The lowest BCUT2D eigenvalue weighted by Gasteiger charge is -2.22. The smallest absolute Gasteiger partial charge is 0.305 e. The van der Waals surface area contributed by atoms with Crippen molar-refractivity contribution in [2.24, 2.45) is 5.41 Å². The number of benzene rings is 2. The third kappa shape index (κ3) is 9.86. The van der Waals surface area contributed by atoms with Gasteiger partial charge in [0, 0.05) is 17.5 Å². The fraction of sp³-hybridized carbons (Fsp3) is 0.500. The SMILES string of the molecule is COC(=O)CCCc1ccc(C(CCCCC(C)(C)C)NS(=O)(=O)c2ccc(Cl)cc2)cc1. The number of nitrogens with one attached hydrogen (secondary N) is 1. The quantitative estimate of drug-likeness (QED) is 0.272. The van der Waals surface area contributed by atoms with Crippen molar-refractivity contribution in [3.8, 4) is 0 Å². The summed E-state index contributed by atoms with van der Waals surface area (Å²) in [6.07, 6.45) is 5.62. The molecule has 0 aromatic heterocycles. The number of rotatable bonds is 12. The fourth-order valence-corrected chi connectivity index (χ4v) is 5.01. The molecule has 2 aromatic rings. The molecule has 0 aliphatic rings. The zero-order valence-corrected chi connectivity index (χ0v) is 21.6. The largest absolute Gasteiger partial charge is 0.469 e. The maximum Gasteiger partial charge on any atom is 0.305 e. The van der Waals surface area contributed by atoms with E-state index in [0.29, 0.717) is 24.3 Å². The van der Waals surface area contributed by atoms with Gasteiger partial charge in [0.2, 0.25) is 10.0 Å². The summed E-state index contributed by atoms with van der Waals surface area (Å²) in [5.41, 5.74) is 2.29. The van der Waals surface area contributed by atoms with Crippen molar-refractivity contribution < 1.29 is 17.9 Å². The number of hydrogen-bond acceptors (Lipinski definition) is 4. The predicted octanol–water partition coefficient (Wildman–Crippen LogP) is 6.46. The molecular weight excluding hydrogens is 458 g/mol. The van der Waals surface area contributed by atoms with E-state index in [9.17, 15) is 13.2 Å². The molecule has 1 unspecified atom stereocenters. The van der Waals surface area contributed by atoms with Gasteiger partial charge in [-0.1, -0.05) is 69.5 Å². The number of aryl methyl sites for hydroxylation is 1. The second-order valence-electron chi connectivity index (χ2n) is 9.61. The minimum absolute atomic E-state index is 0.200. The van der Waals surface area contributed by atoms with Crippen LogP contribution in [0, 0.1) is 5.41 Å². The van der Waals surface area contributed by atoms with E-state index in [1.54, 1.807) is 12.1 Å². The molecule has 182 valence electrons. The topological polar surface area (TPSA) is 72.5 Å². The highest BCUT2D eigenvalue weighted by atomic mass is 35.5. The number of unbranched alkanes of at least 4 members (excludes halogenated alkanes) is 1. The lowest BCUT2D eigenvalue weighted by molar-refractivity contribution is -0.140. The molecule has 0 fully saturated rings. The average Bonchev–Trinajstić information content (AvgIpc) is 2.76. The van der Waals surface area contributed by atoms with E-state index in [4.69, 9.17) is 11.6 Å². The minimum Gasteiger partial charge on any atom is -0.469 e. The van der Waals surface area contributed by atoms with Gasteiger partial charge in [-0.2, -0.15) is 0 Å². The van der Waals surface area contributed by atoms with Crippen LogP contribution in [0.15, 0.2) is 53.4 Å². The van der Waals surface area contributed by atoms with Crippen LogP contribution >= 0.6 is 11.6 Å². The standard InChI is InChI=1S/C26H36ClNO4S/c1-26(2,3)19-6-5-9-24(28-33(30,31)23-17-15-22(27)16-18-23)21-13-11-20(12-14-21)8-7-10-25(29)32-4/h11-18,24,28H,5-10,19H2,1-4H3. The van der Waals surface area contributed by atoms with Crippen molar-refractivity contribution in [3.63, 3.8) is 0 Å². The number of methoxy groups -OCH3 is 1. The van der Waals surface area contributed by atoms with Gasteiger partial charge in [0.15, 0.2) is 0 Å². The molecule has 1 N–H and O–H groups in total. The van der Waals surface area contributed by atoms with Gasteiger partial charge < -0.3 is 4.74 Å². The number of halogens is 1. The van der Waals surface area contributed by atoms with Crippen molar-refractivity contribution in [3.05, 3.63) is 64.7 Å². The second-order valence-corrected chi connectivity index (χ2v) is 11.8. The fourth-order valence-electron chi connectivity index (χ4n) is 3.62. The van der Waals surface area contributed by atoms with Crippen molar-refractivity contribution in [1.29, 1.82) is 0 Å². The molecule has 0 aliphatic heterocycles. The number of ether oxygens (including phenoxy) is 1. The molecule has 0 spiro atoms. The van der Waals surface area contributed by atoms with Gasteiger partial charge in [0.1, 0.15) is 0 Å². The number of carbonyl (C=O) groups is 1. The van der Waals surface area contributed by atoms with E-state index in [-0.39, 0.29) is 22.3 Å². The summed E-state index contributed by atoms with van der Waals surface area (Å²) in [6, 6.07) is 13.8. The maximum absolute atomic E-state index is 13.0. The molecule has 1 atom stereocenters. The van der Waals surface area contributed by atoms with Crippen LogP contribution in [0.5, 0.6) is 0 Å². The van der Waals surface area contributed by atoms with Crippen LogP contribution in [0.3, 0.4) is 0 Å². The first-order chi connectivity index (χ1) is 15.5. The molecule has 0 saturated carbocycles. The molecule has 0 bridgehead atoms. The van der Waals surface area contributed by atoms with Crippen LogP contribution in [0.25, 0.3) is 0 Å². The van der Waals surface area contributed by atoms with E-state index in [2.05, 4.69) is 30.2 Å². The molecule has 0 saturated heterocycles. The average molecular weight is 494 g/mol. The summed E-state index contributed by atoms with van der Waals surface area (Å²) in [4.78, 5) is 11.5. The van der Waals surface area contributed by atoms with Gasteiger partial charge in [-0.3, -0.25) is 4.79 Å². The Labute approximate surface area is 203 Å². The Hall–Kier alpha value is -1.89. The molecule has 5 nitrogen and oxygen atoms in total. The molecule has 7 heteroatoms. The third-order valence-electron chi connectivity index (χ3n) is 5.55. The zero-order valence-electron chi connectivity index (χ0n) is 20.1. The Kier molecular flexibility index (Phi) is 10.4. The van der Waals surface area contributed by atoms with Gasteiger partial charge in [-0.15, -0.1) is 0 Å². The first-order valence-electron chi connectivity index (χ1n) is 11.4. The molecule has 0 amide bonds. The number of esters is 1. The Morgan fingerprint density at radius 2 is 1.64 bits per heavy atom. The van der Waals surface area contributed by atoms with Gasteiger partial charge in [0.25, 0.3) is 0 Å². The number of sulfonamides is 1.